The summed E-state index contributed by atoms with van der Waals surface area (Å²) < 4.78 is 12.1. The van der Waals surface area contributed by atoms with Gasteiger partial charge in [-0.2, -0.15) is 0 Å². The molecule has 0 unspecified atom stereocenters. The summed E-state index contributed by atoms with van der Waals surface area (Å²) >= 11 is 1.71. The number of aromatic nitrogens is 3. The topological polar surface area (TPSA) is 68.2 Å². The van der Waals surface area contributed by atoms with E-state index in [-0.39, 0.29) is 6.04 Å². The fourth-order valence-corrected chi connectivity index (χ4v) is 3.51. The van der Waals surface area contributed by atoms with Gasteiger partial charge in [0.2, 0.25) is 5.89 Å². The molecule has 0 aliphatic rings. The smallest absolute Gasteiger partial charge is 0.283 e. The monoisotopic (exact) mass is 340 g/mol. The Labute approximate surface area is 142 Å². The third-order valence-electron chi connectivity index (χ3n) is 3.91. The van der Waals surface area contributed by atoms with E-state index in [0.717, 1.165) is 10.5 Å². The first-order valence-corrected chi connectivity index (χ1v) is 8.44. The minimum atomic E-state index is 0.154. The molecule has 3 heterocycles. The Hall–Kier alpha value is -2.51. The van der Waals surface area contributed by atoms with Gasteiger partial charge in [-0.05, 0) is 38.2 Å². The standard InChI is InChI=1S/C17H16N4O2S/c1-11(17-18-12-6-3-4-8-14(12)24-17)21(2)10-15-19-20-16(23-15)13-7-5-9-22-13/h3-9,11H,10H2,1-2H3/t11-/m1/s1. The van der Waals surface area contributed by atoms with Crippen LogP contribution >= 0.6 is 11.3 Å². The predicted molar refractivity (Wildman–Crippen MR) is 91.5 cm³/mol. The van der Waals surface area contributed by atoms with Crippen LogP contribution in [-0.2, 0) is 6.54 Å². The van der Waals surface area contributed by atoms with Gasteiger partial charge in [0.1, 0.15) is 5.01 Å². The molecule has 0 fully saturated rings. The van der Waals surface area contributed by atoms with Crippen molar-refractivity contribution in [2.75, 3.05) is 7.05 Å². The molecule has 0 saturated carbocycles. The summed E-state index contributed by atoms with van der Waals surface area (Å²) in [6, 6.07) is 11.9. The lowest BCUT2D eigenvalue weighted by Crippen LogP contribution is -2.22. The summed E-state index contributed by atoms with van der Waals surface area (Å²) in [5.41, 5.74) is 1.04. The van der Waals surface area contributed by atoms with Gasteiger partial charge in [0.15, 0.2) is 5.76 Å². The van der Waals surface area contributed by atoms with Gasteiger partial charge in [-0.3, -0.25) is 4.90 Å². The van der Waals surface area contributed by atoms with Crippen LogP contribution in [0.25, 0.3) is 21.9 Å². The number of nitrogens with zero attached hydrogens (tertiary/aromatic N) is 4. The molecule has 24 heavy (non-hydrogen) atoms. The van der Waals surface area contributed by atoms with Crippen molar-refractivity contribution in [1.29, 1.82) is 0 Å². The minimum Gasteiger partial charge on any atom is -0.459 e. The number of hydrogen-bond acceptors (Lipinski definition) is 7. The molecule has 4 rings (SSSR count). The molecule has 6 nitrogen and oxygen atoms in total. The normalized spacial score (nSPS) is 13.0. The largest absolute Gasteiger partial charge is 0.459 e. The van der Waals surface area contributed by atoms with Gasteiger partial charge >= 0.3 is 0 Å². The molecule has 1 aromatic carbocycles. The molecule has 0 spiro atoms. The van der Waals surface area contributed by atoms with Crippen LogP contribution in [0.15, 0.2) is 51.5 Å². The number of hydrogen-bond donors (Lipinski definition) is 0. The van der Waals surface area contributed by atoms with Crippen molar-refractivity contribution in [2.45, 2.75) is 19.5 Å². The molecule has 0 aliphatic carbocycles. The van der Waals surface area contributed by atoms with E-state index in [2.05, 4.69) is 28.1 Å². The molecule has 122 valence electrons. The molecule has 3 aromatic heterocycles. The number of furan rings is 1. The zero-order chi connectivity index (χ0) is 16.5. The third-order valence-corrected chi connectivity index (χ3v) is 5.12. The molecule has 0 amide bonds. The quantitative estimate of drug-likeness (QED) is 0.544. The highest BCUT2D eigenvalue weighted by Crippen LogP contribution is 2.29. The van der Waals surface area contributed by atoms with Gasteiger partial charge in [0.25, 0.3) is 5.89 Å². The van der Waals surface area contributed by atoms with Crippen molar-refractivity contribution in [3.05, 3.63) is 53.6 Å². The summed E-state index contributed by atoms with van der Waals surface area (Å²) in [5, 5.41) is 9.20. The van der Waals surface area contributed by atoms with Gasteiger partial charge in [-0.15, -0.1) is 21.5 Å². The van der Waals surface area contributed by atoms with Crippen LogP contribution in [0.2, 0.25) is 0 Å². The number of rotatable bonds is 5. The Bertz CT molecular complexity index is 911. The fourth-order valence-electron chi connectivity index (χ4n) is 2.42. The average Bonchev–Trinajstić information content (AvgIpc) is 3.32. The van der Waals surface area contributed by atoms with Crippen LogP contribution in [0.1, 0.15) is 23.9 Å². The second-order valence-electron chi connectivity index (χ2n) is 5.59. The second-order valence-corrected chi connectivity index (χ2v) is 6.65. The number of fused-ring (bicyclic) bond motifs is 1. The van der Waals surface area contributed by atoms with Crippen molar-refractivity contribution in [1.82, 2.24) is 20.1 Å². The first kappa shape index (κ1) is 15.0. The summed E-state index contributed by atoms with van der Waals surface area (Å²) in [7, 11) is 2.02. The molecule has 0 N–H and O–H groups in total. The molecule has 0 bridgehead atoms. The maximum atomic E-state index is 5.67. The van der Waals surface area contributed by atoms with E-state index in [9.17, 15) is 0 Å². The van der Waals surface area contributed by atoms with E-state index in [4.69, 9.17) is 13.8 Å². The zero-order valence-corrected chi connectivity index (χ0v) is 14.2. The molecule has 7 heteroatoms. The Balaban J connectivity index is 1.50. The summed E-state index contributed by atoms with van der Waals surface area (Å²) in [4.78, 5) is 6.85. The Morgan fingerprint density at radius 1 is 1.17 bits per heavy atom. The SMILES string of the molecule is C[C@H](c1nc2ccccc2s1)N(C)Cc1nnc(-c2ccco2)o1. The fraction of sp³-hybridized carbons (Fsp3) is 0.235. The molecule has 4 aromatic rings. The first-order chi connectivity index (χ1) is 11.7. The lowest BCUT2D eigenvalue weighted by Gasteiger charge is -2.20. The molecule has 1 atom stereocenters. The Morgan fingerprint density at radius 2 is 2.04 bits per heavy atom. The van der Waals surface area contributed by atoms with Gasteiger partial charge in [-0.25, -0.2) is 4.98 Å². The van der Waals surface area contributed by atoms with E-state index < -0.39 is 0 Å². The van der Waals surface area contributed by atoms with Crippen molar-refractivity contribution in [2.24, 2.45) is 0 Å². The number of benzene rings is 1. The molecular formula is C17H16N4O2S. The zero-order valence-electron chi connectivity index (χ0n) is 13.3. The number of para-hydroxylation sites is 1. The minimum absolute atomic E-state index is 0.154. The lowest BCUT2D eigenvalue weighted by molar-refractivity contribution is 0.228. The van der Waals surface area contributed by atoms with Crippen LogP contribution in [0.3, 0.4) is 0 Å². The maximum absolute atomic E-state index is 5.67. The van der Waals surface area contributed by atoms with Crippen molar-refractivity contribution in [3.63, 3.8) is 0 Å². The lowest BCUT2D eigenvalue weighted by atomic mass is 10.3. The van der Waals surface area contributed by atoms with Crippen LogP contribution < -0.4 is 0 Å². The highest BCUT2D eigenvalue weighted by atomic mass is 32.1. The van der Waals surface area contributed by atoms with Crippen molar-refractivity contribution in [3.8, 4) is 11.7 Å². The van der Waals surface area contributed by atoms with Crippen LogP contribution in [-0.4, -0.2) is 27.1 Å². The Morgan fingerprint density at radius 3 is 2.83 bits per heavy atom. The third kappa shape index (κ3) is 2.83. The van der Waals surface area contributed by atoms with Crippen LogP contribution in [0.5, 0.6) is 0 Å². The van der Waals surface area contributed by atoms with E-state index in [0.29, 0.717) is 24.1 Å². The van der Waals surface area contributed by atoms with E-state index in [1.807, 2.05) is 25.2 Å². The van der Waals surface area contributed by atoms with Gasteiger partial charge in [0.05, 0.1) is 29.1 Å². The molecule has 0 saturated heterocycles. The van der Waals surface area contributed by atoms with E-state index >= 15 is 0 Å². The van der Waals surface area contributed by atoms with E-state index in [1.165, 1.54) is 4.70 Å². The highest BCUT2D eigenvalue weighted by molar-refractivity contribution is 7.18. The van der Waals surface area contributed by atoms with Crippen LogP contribution in [0, 0.1) is 0 Å². The summed E-state index contributed by atoms with van der Waals surface area (Å²) in [5.74, 6) is 1.53. The van der Waals surface area contributed by atoms with Crippen LogP contribution in [0.4, 0.5) is 0 Å². The molecule has 0 radical (unpaired) electrons. The second kappa shape index (κ2) is 6.18. The molecular weight excluding hydrogens is 324 g/mol. The predicted octanol–water partition coefficient (Wildman–Crippen LogP) is 4.13. The highest BCUT2D eigenvalue weighted by Gasteiger charge is 2.19. The van der Waals surface area contributed by atoms with Gasteiger partial charge < -0.3 is 8.83 Å². The van der Waals surface area contributed by atoms with Gasteiger partial charge in [0, 0.05) is 0 Å². The Kier molecular flexibility index (Phi) is 3.87. The summed E-state index contributed by atoms with van der Waals surface area (Å²) in [6.07, 6.45) is 1.58. The van der Waals surface area contributed by atoms with E-state index in [1.54, 1.807) is 29.7 Å². The maximum Gasteiger partial charge on any atom is 0.283 e. The van der Waals surface area contributed by atoms with Gasteiger partial charge in [-0.1, -0.05) is 12.1 Å². The van der Waals surface area contributed by atoms with Crippen molar-refractivity contribution >= 4 is 21.6 Å². The van der Waals surface area contributed by atoms with Crippen molar-refractivity contribution < 1.29 is 8.83 Å². The molecule has 0 aliphatic heterocycles. The first-order valence-electron chi connectivity index (χ1n) is 7.62. The average molecular weight is 340 g/mol. The number of thiazole rings is 1. The summed E-state index contributed by atoms with van der Waals surface area (Å²) in [6.45, 7) is 2.67.